The number of hydrogen-bond donors (Lipinski definition) is 0. The van der Waals surface area contributed by atoms with E-state index in [1.54, 1.807) is 6.20 Å². The maximum atomic E-state index is 13.2. The van der Waals surface area contributed by atoms with E-state index in [-0.39, 0.29) is 17.4 Å². The molecule has 1 amide bonds. The van der Waals surface area contributed by atoms with Crippen molar-refractivity contribution in [1.29, 1.82) is 0 Å². The fraction of sp³-hybridized carbons (Fsp3) is 0.524. The largest absolute Gasteiger partial charge is 0.381 e. The number of nitrogens with zero attached hydrogens (tertiary/aromatic N) is 2. The molecule has 138 valence electrons. The van der Waals surface area contributed by atoms with Crippen LogP contribution in [0.15, 0.2) is 36.5 Å². The minimum Gasteiger partial charge on any atom is -0.381 e. The first-order valence-corrected chi connectivity index (χ1v) is 9.55. The van der Waals surface area contributed by atoms with Gasteiger partial charge in [-0.3, -0.25) is 9.78 Å². The number of aromatic nitrogens is 1. The van der Waals surface area contributed by atoms with E-state index in [0.29, 0.717) is 19.8 Å². The number of carbonyl (C=O) groups excluding carboxylic acids is 1. The Hall–Kier alpha value is -1.98. The van der Waals surface area contributed by atoms with Gasteiger partial charge in [0.25, 0.3) is 5.91 Å². The fourth-order valence-electron chi connectivity index (χ4n) is 4.37. The van der Waals surface area contributed by atoms with Crippen LogP contribution in [0.25, 0.3) is 10.9 Å². The van der Waals surface area contributed by atoms with Gasteiger partial charge in [0.2, 0.25) is 0 Å². The number of rotatable bonds is 4. The zero-order chi connectivity index (χ0) is 18.0. The molecule has 2 aliphatic heterocycles. The first-order valence-electron chi connectivity index (χ1n) is 9.55. The average Bonchev–Trinajstić information content (AvgIpc) is 2.71. The van der Waals surface area contributed by atoms with Crippen LogP contribution in [-0.2, 0) is 9.47 Å². The maximum Gasteiger partial charge on any atom is 0.253 e. The molecule has 0 saturated carbocycles. The summed E-state index contributed by atoms with van der Waals surface area (Å²) in [5, 5.41) is 0.998. The molecule has 0 spiro atoms. The second kappa shape index (κ2) is 7.33. The van der Waals surface area contributed by atoms with Crippen LogP contribution in [-0.4, -0.2) is 54.8 Å². The zero-order valence-electron chi connectivity index (χ0n) is 15.3. The van der Waals surface area contributed by atoms with Crippen molar-refractivity contribution < 1.29 is 14.3 Å². The molecule has 5 heteroatoms. The molecule has 0 N–H and O–H groups in total. The molecule has 2 fully saturated rings. The van der Waals surface area contributed by atoms with Gasteiger partial charge >= 0.3 is 0 Å². The number of pyridine rings is 1. The number of hydrogen-bond acceptors (Lipinski definition) is 4. The van der Waals surface area contributed by atoms with Crippen molar-refractivity contribution in [3.8, 4) is 0 Å². The molecule has 26 heavy (non-hydrogen) atoms. The second-order valence-electron chi connectivity index (χ2n) is 7.39. The highest BCUT2D eigenvalue weighted by atomic mass is 16.5. The summed E-state index contributed by atoms with van der Waals surface area (Å²) in [7, 11) is 0. The number of carbonyl (C=O) groups is 1. The topological polar surface area (TPSA) is 51.7 Å². The van der Waals surface area contributed by atoms with Gasteiger partial charge in [0.15, 0.2) is 0 Å². The summed E-state index contributed by atoms with van der Waals surface area (Å²) in [6, 6.07) is 9.66. The van der Waals surface area contributed by atoms with Crippen molar-refractivity contribution in [1.82, 2.24) is 9.88 Å². The van der Waals surface area contributed by atoms with Gasteiger partial charge in [-0.15, -0.1) is 0 Å². The third-order valence-electron chi connectivity index (χ3n) is 5.72. The lowest BCUT2D eigenvalue weighted by Gasteiger charge is -2.50. The van der Waals surface area contributed by atoms with Crippen LogP contribution in [0.4, 0.5) is 0 Å². The van der Waals surface area contributed by atoms with E-state index in [4.69, 9.17) is 9.47 Å². The zero-order valence-corrected chi connectivity index (χ0v) is 15.3. The lowest BCUT2D eigenvalue weighted by Crippen LogP contribution is -2.58. The van der Waals surface area contributed by atoms with Crippen molar-refractivity contribution in [2.45, 2.75) is 32.3 Å². The quantitative estimate of drug-likeness (QED) is 0.845. The second-order valence-corrected chi connectivity index (χ2v) is 7.39. The summed E-state index contributed by atoms with van der Waals surface area (Å²) >= 11 is 0. The van der Waals surface area contributed by atoms with E-state index in [2.05, 4.69) is 4.98 Å². The molecule has 1 aromatic heterocycles. The Labute approximate surface area is 154 Å². The van der Waals surface area contributed by atoms with Crippen LogP contribution in [0.3, 0.4) is 0 Å². The van der Waals surface area contributed by atoms with Gasteiger partial charge in [0.1, 0.15) is 0 Å². The number of amides is 1. The monoisotopic (exact) mass is 354 g/mol. The number of ether oxygens (including phenoxy) is 2. The first-order chi connectivity index (χ1) is 12.7. The molecule has 0 aliphatic carbocycles. The Kier molecular flexibility index (Phi) is 4.92. The lowest BCUT2D eigenvalue weighted by atomic mass is 9.73. The van der Waals surface area contributed by atoms with Crippen molar-refractivity contribution in [2.75, 3.05) is 32.9 Å². The Bertz CT molecular complexity index is 794. The summed E-state index contributed by atoms with van der Waals surface area (Å²) in [5.41, 5.74) is 1.57. The van der Waals surface area contributed by atoms with Crippen LogP contribution < -0.4 is 0 Å². The van der Waals surface area contributed by atoms with Crippen molar-refractivity contribution in [3.63, 3.8) is 0 Å². The van der Waals surface area contributed by atoms with E-state index >= 15 is 0 Å². The van der Waals surface area contributed by atoms with E-state index < -0.39 is 0 Å². The van der Waals surface area contributed by atoms with Crippen molar-refractivity contribution in [2.24, 2.45) is 5.41 Å². The normalized spacial score (nSPS) is 25.9. The Morgan fingerprint density at radius 1 is 1.42 bits per heavy atom. The smallest absolute Gasteiger partial charge is 0.253 e. The predicted molar refractivity (Wildman–Crippen MR) is 100 cm³/mol. The fourth-order valence-corrected chi connectivity index (χ4v) is 4.37. The number of benzene rings is 1. The highest BCUT2D eigenvalue weighted by molar-refractivity contribution is 5.98. The number of fused-ring (bicyclic) bond motifs is 2. The molecule has 1 aromatic carbocycles. The van der Waals surface area contributed by atoms with Gasteiger partial charge in [-0.2, -0.15) is 0 Å². The van der Waals surface area contributed by atoms with Crippen LogP contribution in [0, 0.1) is 5.41 Å². The molecule has 3 heterocycles. The highest BCUT2D eigenvalue weighted by Gasteiger charge is 2.47. The maximum absolute atomic E-state index is 13.2. The minimum atomic E-state index is -0.0689. The van der Waals surface area contributed by atoms with Crippen LogP contribution >= 0.6 is 0 Å². The lowest BCUT2D eigenvalue weighted by molar-refractivity contribution is -0.146. The third kappa shape index (κ3) is 3.21. The van der Waals surface area contributed by atoms with Gasteiger partial charge in [0, 0.05) is 48.9 Å². The van der Waals surface area contributed by atoms with Gasteiger partial charge in [-0.25, -0.2) is 0 Å². The molecule has 0 bridgehead atoms. The molecule has 2 saturated heterocycles. The molecular formula is C21H26N2O3. The molecular weight excluding hydrogens is 328 g/mol. The van der Waals surface area contributed by atoms with Crippen molar-refractivity contribution in [3.05, 3.63) is 42.1 Å². The van der Waals surface area contributed by atoms with Crippen LogP contribution in [0.5, 0.6) is 0 Å². The molecule has 2 aromatic rings. The van der Waals surface area contributed by atoms with E-state index in [1.165, 1.54) is 0 Å². The third-order valence-corrected chi connectivity index (χ3v) is 5.72. The summed E-state index contributed by atoms with van der Waals surface area (Å²) in [6.45, 7) is 5.65. The molecule has 0 unspecified atom stereocenters. The standard InChI is InChI=1S/C21H26N2O3/c1-2-25-15-21-9-4-12-26-19(21)8-11-23(14-21)20(24)17-6-7-18-16(13-17)5-3-10-22-18/h3,5-7,10,13,19H,2,4,8-9,11-12,14-15H2,1H3/t19-,21-/m0/s1. The average molecular weight is 354 g/mol. The molecule has 2 atom stereocenters. The number of likely N-dealkylation sites (tertiary alicyclic amines) is 1. The Balaban J connectivity index is 1.57. The van der Waals surface area contributed by atoms with Gasteiger partial charge in [-0.05, 0) is 50.5 Å². The van der Waals surface area contributed by atoms with Crippen LogP contribution in [0.1, 0.15) is 36.5 Å². The summed E-state index contributed by atoms with van der Waals surface area (Å²) < 4.78 is 11.8. The predicted octanol–water partition coefficient (Wildman–Crippen LogP) is 3.28. The van der Waals surface area contributed by atoms with E-state index in [1.807, 2.05) is 42.2 Å². The molecule has 5 nitrogen and oxygen atoms in total. The van der Waals surface area contributed by atoms with Gasteiger partial charge in [-0.1, -0.05) is 6.07 Å². The minimum absolute atomic E-state index is 0.0689. The molecule has 2 aliphatic rings. The van der Waals surface area contributed by atoms with Crippen LogP contribution in [0.2, 0.25) is 0 Å². The van der Waals surface area contributed by atoms with E-state index in [0.717, 1.165) is 48.9 Å². The van der Waals surface area contributed by atoms with Gasteiger partial charge < -0.3 is 14.4 Å². The molecule has 4 rings (SSSR count). The SMILES string of the molecule is CCOC[C@@]12CCCO[C@H]1CCN(C(=O)c1ccc3ncccc3c1)C2. The molecule has 0 radical (unpaired) electrons. The summed E-state index contributed by atoms with van der Waals surface area (Å²) in [5.74, 6) is 0.0932. The first kappa shape index (κ1) is 17.4. The Morgan fingerprint density at radius 2 is 2.35 bits per heavy atom. The summed E-state index contributed by atoms with van der Waals surface area (Å²) in [6.07, 6.45) is 4.95. The van der Waals surface area contributed by atoms with E-state index in [9.17, 15) is 4.79 Å². The number of piperidine rings is 1. The van der Waals surface area contributed by atoms with Crippen molar-refractivity contribution >= 4 is 16.8 Å². The van der Waals surface area contributed by atoms with Gasteiger partial charge in [0.05, 0.1) is 18.2 Å². The Morgan fingerprint density at radius 3 is 3.23 bits per heavy atom. The summed E-state index contributed by atoms with van der Waals surface area (Å²) in [4.78, 5) is 19.5. The highest BCUT2D eigenvalue weighted by Crippen LogP contribution is 2.40.